The van der Waals surface area contributed by atoms with Crippen molar-refractivity contribution in [2.75, 3.05) is 0 Å². The Hall–Kier alpha value is -4.37. The summed E-state index contributed by atoms with van der Waals surface area (Å²) in [6.07, 6.45) is 2.22. The fraction of sp³-hybridized carbons (Fsp3) is 0.0333. The van der Waals surface area contributed by atoms with E-state index in [2.05, 4.69) is 125 Å². The van der Waals surface area contributed by atoms with E-state index < -0.39 is 0 Å². The first kappa shape index (κ1) is 19.3. The van der Waals surface area contributed by atoms with Crippen LogP contribution in [0.15, 0.2) is 121 Å². The van der Waals surface area contributed by atoms with Gasteiger partial charge in [0.2, 0.25) is 5.78 Å². The fourth-order valence-electron chi connectivity index (χ4n) is 4.42. The maximum Gasteiger partial charge on any atom is 0.220 e. The van der Waals surface area contributed by atoms with Crippen LogP contribution in [0.1, 0.15) is 5.56 Å². The minimum absolute atomic E-state index is 0.898. The largest absolute Gasteiger partial charge is 0.282 e. The maximum absolute atomic E-state index is 5.23. The van der Waals surface area contributed by atoms with Gasteiger partial charge in [0.25, 0.3) is 0 Å². The molecule has 0 saturated carbocycles. The molecule has 0 atom stereocenters. The van der Waals surface area contributed by atoms with Gasteiger partial charge in [-0.15, -0.1) is 0 Å². The Bertz CT molecular complexity index is 1530. The van der Waals surface area contributed by atoms with Gasteiger partial charge >= 0.3 is 0 Å². The molecule has 6 rings (SSSR count). The molecule has 0 amide bonds. The quantitative estimate of drug-likeness (QED) is 0.288. The molecule has 0 saturated heterocycles. The summed E-state index contributed by atoms with van der Waals surface area (Å²) >= 11 is 0. The van der Waals surface area contributed by atoms with Crippen LogP contribution in [0.2, 0.25) is 0 Å². The average molecular weight is 426 g/mol. The molecule has 0 radical (unpaired) electrons. The second-order valence-corrected chi connectivity index (χ2v) is 8.26. The number of imidazole rings is 2. The monoisotopic (exact) mass is 425 g/mol. The molecule has 6 aromatic rings. The number of hydrogen-bond acceptors (Lipinski definition) is 1. The standard InChI is InChI=1S/C30H23N3/c1-22-17-19-23(20-18-22)27-21-32-29(25-13-7-3-8-14-25)28(24-11-5-2-6-12-24)31-30(32)33(27)26-15-9-4-10-16-26/h2-21H,1H3. The smallest absolute Gasteiger partial charge is 0.220 e. The zero-order valence-electron chi connectivity index (χ0n) is 18.4. The SMILES string of the molecule is Cc1ccc(-c2cn3c(-c4ccccc4)c(-c4ccccc4)nc3n2-c2ccccc2)cc1. The molecule has 3 heteroatoms. The number of aromatic nitrogens is 3. The fourth-order valence-corrected chi connectivity index (χ4v) is 4.42. The van der Waals surface area contributed by atoms with Gasteiger partial charge in [0, 0.05) is 28.6 Å². The lowest BCUT2D eigenvalue weighted by molar-refractivity contribution is 1.08. The maximum atomic E-state index is 5.23. The molecule has 158 valence electrons. The summed E-state index contributed by atoms with van der Waals surface area (Å²) in [7, 11) is 0. The predicted octanol–water partition coefficient (Wildman–Crippen LogP) is 7.43. The molecule has 0 aliphatic heterocycles. The highest BCUT2D eigenvalue weighted by molar-refractivity contribution is 5.83. The molecule has 0 bridgehead atoms. The molecule has 3 nitrogen and oxygen atoms in total. The number of fused-ring (bicyclic) bond motifs is 1. The van der Waals surface area contributed by atoms with Crippen molar-refractivity contribution in [1.82, 2.24) is 14.0 Å². The van der Waals surface area contributed by atoms with Crippen molar-refractivity contribution in [2.45, 2.75) is 6.92 Å². The van der Waals surface area contributed by atoms with Crippen LogP contribution in [0.4, 0.5) is 0 Å². The molecule has 33 heavy (non-hydrogen) atoms. The van der Waals surface area contributed by atoms with E-state index in [0.29, 0.717) is 0 Å². The van der Waals surface area contributed by atoms with Crippen LogP contribution in [0.25, 0.3) is 45.2 Å². The third-order valence-corrected chi connectivity index (χ3v) is 6.04. The van der Waals surface area contributed by atoms with Crippen molar-refractivity contribution in [3.63, 3.8) is 0 Å². The van der Waals surface area contributed by atoms with Gasteiger partial charge in [-0.2, -0.15) is 0 Å². The first-order valence-electron chi connectivity index (χ1n) is 11.2. The highest BCUT2D eigenvalue weighted by Gasteiger charge is 2.22. The zero-order valence-corrected chi connectivity index (χ0v) is 18.4. The predicted molar refractivity (Wildman–Crippen MR) is 136 cm³/mol. The van der Waals surface area contributed by atoms with E-state index in [1.165, 1.54) is 5.56 Å². The van der Waals surface area contributed by atoms with E-state index in [0.717, 1.165) is 45.2 Å². The Morgan fingerprint density at radius 2 is 1.15 bits per heavy atom. The van der Waals surface area contributed by atoms with Gasteiger partial charge in [0.1, 0.15) is 0 Å². The van der Waals surface area contributed by atoms with Crippen LogP contribution in [-0.2, 0) is 0 Å². The normalized spacial score (nSPS) is 11.2. The molecule has 4 aromatic carbocycles. The molecule has 0 N–H and O–H groups in total. The van der Waals surface area contributed by atoms with E-state index in [-0.39, 0.29) is 0 Å². The first-order chi connectivity index (χ1) is 16.3. The van der Waals surface area contributed by atoms with E-state index in [1.807, 2.05) is 12.1 Å². The average Bonchev–Trinajstić information content (AvgIpc) is 3.42. The molecule has 2 aromatic heterocycles. The number of rotatable bonds is 4. The van der Waals surface area contributed by atoms with E-state index in [1.54, 1.807) is 0 Å². The summed E-state index contributed by atoms with van der Waals surface area (Å²) in [5.41, 5.74) is 8.94. The second-order valence-electron chi connectivity index (χ2n) is 8.26. The summed E-state index contributed by atoms with van der Waals surface area (Å²) in [5, 5.41) is 0. The Labute approximate surface area is 193 Å². The Kier molecular flexibility index (Phi) is 4.66. The summed E-state index contributed by atoms with van der Waals surface area (Å²) in [6.45, 7) is 2.12. The molecular formula is C30H23N3. The van der Waals surface area contributed by atoms with Gasteiger partial charge in [-0.25, -0.2) is 4.98 Å². The molecule has 0 spiro atoms. The number of nitrogens with zero attached hydrogens (tertiary/aromatic N) is 3. The highest BCUT2D eigenvalue weighted by Crippen LogP contribution is 2.36. The zero-order chi connectivity index (χ0) is 22.2. The molecular weight excluding hydrogens is 402 g/mol. The van der Waals surface area contributed by atoms with Gasteiger partial charge in [0.15, 0.2) is 0 Å². The lowest BCUT2D eigenvalue weighted by atomic mass is 10.0. The Balaban J connectivity index is 1.71. The van der Waals surface area contributed by atoms with E-state index in [9.17, 15) is 0 Å². The van der Waals surface area contributed by atoms with Gasteiger partial charge in [-0.3, -0.25) is 8.97 Å². The van der Waals surface area contributed by atoms with Crippen LogP contribution in [-0.4, -0.2) is 14.0 Å². The lowest BCUT2D eigenvalue weighted by Gasteiger charge is -2.09. The minimum Gasteiger partial charge on any atom is -0.282 e. The van der Waals surface area contributed by atoms with Crippen molar-refractivity contribution >= 4 is 5.78 Å². The lowest BCUT2D eigenvalue weighted by Crippen LogP contribution is -1.97. The van der Waals surface area contributed by atoms with Crippen LogP contribution >= 0.6 is 0 Å². The third-order valence-electron chi connectivity index (χ3n) is 6.04. The number of hydrogen-bond donors (Lipinski definition) is 0. The van der Waals surface area contributed by atoms with Crippen molar-refractivity contribution < 1.29 is 0 Å². The number of para-hydroxylation sites is 1. The minimum atomic E-state index is 0.898. The first-order valence-corrected chi connectivity index (χ1v) is 11.2. The molecule has 0 fully saturated rings. The second kappa shape index (κ2) is 7.95. The molecule has 0 aliphatic rings. The Morgan fingerprint density at radius 1 is 0.576 bits per heavy atom. The van der Waals surface area contributed by atoms with Crippen molar-refractivity contribution in [2.24, 2.45) is 0 Å². The van der Waals surface area contributed by atoms with Gasteiger partial charge in [0.05, 0.1) is 17.1 Å². The topological polar surface area (TPSA) is 22.2 Å². The van der Waals surface area contributed by atoms with Crippen molar-refractivity contribution in [3.8, 4) is 39.5 Å². The summed E-state index contributed by atoms with van der Waals surface area (Å²) < 4.78 is 4.49. The van der Waals surface area contributed by atoms with E-state index >= 15 is 0 Å². The van der Waals surface area contributed by atoms with Crippen molar-refractivity contribution in [3.05, 3.63) is 127 Å². The number of benzene rings is 4. The highest BCUT2D eigenvalue weighted by atomic mass is 15.2. The third kappa shape index (κ3) is 3.35. The van der Waals surface area contributed by atoms with Crippen LogP contribution in [0.3, 0.4) is 0 Å². The van der Waals surface area contributed by atoms with Gasteiger partial charge < -0.3 is 0 Å². The summed E-state index contributed by atoms with van der Waals surface area (Å²) in [4.78, 5) is 5.23. The number of aryl methyl sites for hydroxylation is 1. The molecule has 2 heterocycles. The van der Waals surface area contributed by atoms with Gasteiger partial charge in [-0.1, -0.05) is 109 Å². The van der Waals surface area contributed by atoms with E-state index in [4.69, 9.17) is 4.98 Å². The Morgan fingerprint density at radius 3 is 1.79 bits per heavy atom. The van der Waals surface area contributed by atoms with Crippen LogP contribution in [0.5, 0.6) is 0 Å². The van der Waals surface area contributed by atoms with Crippen LogP contribution < -0.4 is 0 Å². The molecule has 0 aliphatic carbocycles. The van der Waals surface area contributed by atoms with Crippen molar-refractivity contribution in [1.29, 1.82) is 0 Å². The summed E-state index contributed by atoms with van der Waals surface area (Å²) in [6, 6.07) is 40.1. The molecule has 0 unspecified atom stereocenters. The van der Waals surface area contributed by atoms with Crippen LogP contribution in [0, 0.1) is 6.92 Å². The summed E-state index contributed by atoms with van der Waals surface area (Å²) in [5.74, 6) is 0.898. The van der Waals surface area contributed by atoms with Gasteiger partial charge in [-0.05, 0) is 19.1 Å².